The van der Waals surface area contributed by atoms with Gasteiger partial charge in [-0.1, -0.05) is 13.2 Å². The van der Waals surface area contributed by atoms with Gasteiger partial charge in [0.15, 0.2) is 0 Å². The largest absolute Gasteiger partial charge is 0.478 e. The molecule has 0 bridgehead atoms. The van der Waals surface area contributed by atoms with Gasteiger partial charge < -0.3 is 5.11 Å². The van der Waals surface area contributed by atoms with Gasteiger partial charge in [-0.15, -0.1) is 0 Å². The van der Waals surface area contributed by atoms with Crippen LogP contribution >= 0.6 is 0 Å². The maximum Gasteiger partial charge on any atom is 0.367 e. The Morgan fingerprint density at radius 1 is 1.50 bits per heavy atom. The Labute approximate surface area is 69.5 Å². The molecule has 0 heterocycles. The van der Waals surface area contributed by atoms with E-state index in [2.05, 4.69) is 18.0 Å². The van der Waals surface area contributed by atoms with Crippen LogP contribution in [0.25, 0.3) is 0 Å². The number of carboxylic acids is 1. The van der Waals surface area contributed by atoms with Crippen molar-refractivity contribution in [3.05, 3.63) is 24.8 Å². The minimum absolute atomic E-state index is 0.183. The molecule has 0 aliphatic rings. The standard InChI is InChI=1S/C4H6O3.C3H4O2/c1-3(2)4(5)7-6;1-2-3(4)5/h6H,1H2,2H3;2H,1H2,(H,4,5). The lowest BCUT2D eigenvalue weighted by Gasteiger charge is -1.88. The van der Waals surface area contributed by atoms with Crippen molar-refractivity contribution in [2.24, 2.45) is 0 Å². The molecule has 0 saturated heterocycles. The Morgan fingerprint density at radius 2 is 1.83 bits per heavy atom. The average Bonchev–Trinajstić information content (AvgIpc) is 2.04. The van der Waals surface area contributed by atoms with Crippen LogP contribution in [0.5, 0.6) is 0 Å². The third-order valence-electron chi connectivity index (χ3n) is 0.606. The summed E-state index contributed by atoms with van der Waals surface area (Å²) in [6.07, 6.45) is 0.833. The third-order valence-corrected chi connectivity index (χ3v) is 0.606. The van der Waals surface area contributed by atoms with E-state index < -0.39 is 11.9 Å². The zero-order chi connectivity index (χ0) is 10.1. The third kappa shape index (κ3) is 11.2. The van der Waals surface area contributed by atoms with Gasteiger partial charge in [0, 0.05) is 11.6 Å². The summed E-state index contributed by atoms with van der Waals surface area (Å²) in [6, 6.07) is 0. The molecule has 0 aromatic carbocycles. The summed E-state index contributed by atoms with van der Waals surface area (Å²) in [6.45, 7) is 7.60. The van der Waals surface area contributed by atoms with Crippen LogP contribution in [0.3, 0.4) is 0 Å². The maximum atomic E-state index is 9.94. The van der Waals surface area contributed by atoms with Crippen LogP contribution in [0.2, 0.25) is 0 Å². The van der Waals surface area contributed by atoms with Crippen LogP contribution in [0.1, 0.15) is 6.92 Å². The summed E-state index contributed by atoms with van der Waals surface area (Å²) >= 11 is 0. The van der Waals surface area contributed by atoms with Gasteiger partial charge in [0.1, 0.15) is 0 Å². The van der Waals surface area contributed by atoms with Gasteiger partial charge in [-0.05, 0) is 6.92 Å². The highest BCUT2D eigenvalue weighted by atomic mass is 17.1. The Kier molecular flexibility index (Phi) is 8.11. The van der Waals surface area contributed by atoms with E-state index >= 15 is 0 Å². The molecule has 0 aliphatic carbocycles. The number of hydrogen-bond acceptors (Lipinski definition) is 4. The second-order valence-electron chi connectivity index (χ2n) is 1.70. The van der Waals surface area contributed by atoms with Crippen molar-refractivity contribution in [2.45, 2.75) is 6.92 Å². The highest BCUT2D eigenvalue weighted by molar-refractivity contribution is 5.86. The Balaban J connectivity index is 0. The number of rotatable bonds is 2. The molecule has 5 nitrogen and oxygen atoms in total. The first kappa shape index (κ1) is 13.0. The second-order valence-corrected chi connectivity index (χ2v) is 1.70. The summed E-state index contributed by atoms with van der Waals surface area (Å²) in [5, 5.41) is 15.2. The molecule has 0 atom stereocenters. The van der Waals surface area contributed by atoms with E-state index in [1.807, 2.05) is 0 Å². The van der Waals surface area contributed by atoms with Gasteiger partial charge in [0.25, 0.3) is 0 Å². The molecule has 0 rings (SSSR count). The fraction of sp³-hybridized carbons (Fsp3) is 0.143. The molecule has 12 heavy (non-hydrogen) atoms. The van der Waals surface area contributed by atoms with Crippen molar-refractivity contribution < 1.29 is 24.8 Å². The van der Waals surface area contributed by atoms with Crippen molar-refractivity contribution in [1.29, 1.82) is 0 Å². The van der Waals surface area contributed by atoms with Crippen LogP contribution in [0, 0.1) is 0 Å². The normalized spacial score (nSPS) is 7.17. The Hall–Kier alpha value is -1.62. The molecular weight excluding hydrogens is 164 g/mol. The molecule has 0 radical (unpaired) electrons. The zero-order valence-electron chi connectivity index (χ0n) is 6.61. The molecule has 5 heteroatoms. The molecule has 0 amide bonds. The van der Waals surface area contributed by atoms with E-state index in [1.54, 1.807) is 0 Å². The lowest BCUT2D eigenvalue weighted by Crippen LogP contribution is -1.99. The Morgan fingerprint density at radius 3 is 1.83 bits per heavy atom. The Bertz CT molecular complexity index is 194. The summed E-state index contributed by atoms with van der Waals surface area (Å²) in [4.78, 5) is 22.5. The maximum absolute atomic E-state index is 9.94. The molecule has 0 aromatic rings. The molecule has 0 saturated carbocycles. The summed E-state index contributed by atoms with van der Waals surface area (Å²) in [5.74, 6) is -1.77. The fourth-order valence-electron chi connectivity index (χ4n) is 0.0779. The highest BCUT2D eigenvalue weighted by Gasteiger charge is 1.98. The van der Waals surface area contributed by atoms with Crippen LogP contribution < -0.4 is 0 Å². The molecule has 0 fully saturated rings. The van der Waals surface area contributed by atoms with Gasteiger partial charge in [-0.3, -0.25) is 4.89 Å². The molecule has 2 N–H and O–H groups in total. The minimum atomic E-state index is -0.981. The van der Waals surface area contributed by atoms with Gasteiger partial charge in [-0.25, -0.2) is 9.59 Å². The van der Waals surface area contributed by atoms with Crippen molar-refractivity contribution in [2.75, 3.05) is 0 Å². The fourth-order valence-corrected chi connectivity index (χ4v) is 0.0779. The van der Waals surface area contributed by atoms with E-state index in [0.717, 1.165) is 6.08 Å². The van der Waals surface area contributed by atoms with Crippen LogP contribution in [0.15, 0.2) is 24.8 Å². The van der Waals surface area contributed by atoms with E-state index in [-0.39, 0.29) is 5.57 Å². The lowest BCUT2D eigenvalue weighted by molar-refractivity contribution is -0.229. The number of carboxylic acid groups (broad SMARTS) is 1. The molecule has 68 valence electrons. The van der Waals surface area contributed by atoms with Crippen LogP contribution in [0.4, 0.5) is 0 Å². The van der Waals surface area contributed by atoms with Gasteiger partial charge in [0.2, 0.25) is 0 Å². The van der Waals surface area contributed by atoms with E-state index in [4.69, 9.17) is 10.4 Å². The summed E-state index contributed by atoms with van der Waals surface area (Å²) in [7, 11) is 0. The first-order chi connectivity index (χ1) is 5.45. The minimum Gasteiger partial charge on any atom is -0.478 e. The summed E-state index contributed by atoms with van der Waals surface area (Å²) in [5.41, 5.74) is 0.183. The molecule has 0 aromatic heterocycles. The van der Waals surface area contributed by atoms with Crippen molar-refractivity contribution in [3.8, 4) is 0 Å². The second kappa shape index (κ2) is 7.49. The predicted molar refractivity (Wildman–Crippen MR) is 41.4 cm³/mol. The van der Waals surface area contributed by atoms with E-state index in [9.17, 15) is 9.59 Å². The topological polar surface area (TPSA) is 83.8 Å². The van der Waals surface area contributed by atoms with Gasteiger partial charge >= 0.3 is 11.9 Å². The highest BCUT2D eigenvalue weighted by Crippen LogP contribution is 1.86. The number of hydrogen-bond donors (Lipinski definition) is 2. The van der Waals surface area contributed by atoms with Crippen LogP contribution in [-0.4, -0.2) is 22.3 Å². The van der Waals surface area contributed by atoms with Crippen molar-refractivity contribution in [1.82, 2.24) is 0 Å². The predicted octanol–water partition coefficient (Wildman–Crippen LogP) is 0.836. The molecule has 0 aliphatic heterocycles. The quantitative estimate of drug-likeness (QED) is 0.368. The molecule has 0 spiro atoms. The smallest absolute Gasteiger partial charge is 0.367 e. The monoisotopic (exact) mass is 174 g/mol. The number of carbonyl (C=O) groups is 2. The van der Waals surface area contributed by atoms with Gasteiger partial charge in [0.05, 0.1) is 0 Å². The van der Waals surface area contributed by atoms with Crippen molar-refractivity contribution in [3.63, 3.8) is 0 Å². The number of aliphatic carboxylic acids is 1. The first-order valence-electron chi connectivity index (χ1n) is 2.82. The van der Waals surface area contributed by atoms with Crippen molar-refractivity contribution >= 4 is 11.9 Å². The first-order valence-corrected chi connectivity index (χ1v) is 2.82. The van der Waals surface area contributed by atoms with E-state index in [0.29, 0.717) is 0 Å². The van der Waals surface area contributed by atoms with Gasteiger partial charge in [-0.2, -0.15) is 5.26 Å². The summed E-state index contributed by atoms with van der Waals surface area (Å²) < 4.78 is 0. The number of carbonyl (C=O) groups excluding carboxylic acids is 1. The SMILES string of the molecule is C=C(C)C(=O)OO.C=CC(=O)O. The van der Waals surface area contributed by atoms with Crippen LogP contribution in [-0.2, 0) is 14.5 Å². The lowest BCUT2D eigenvalue weighted by atomic mass is 10.4. The molecular formula is C7H10O5. The molecule has 0 unspecified atom stereocenters. The zero-order valence-corrected chi connectivity index (χ0v) is 6.61. The average molecular weight is 174 g/mol. The van der Waals surface area contributed by atoms with E-state index in [1.165, 1.54) is 6.92 Å².